The van der Waals surface area contributed by atoms with E-state index in [2.05, 4.69) is 21.9 Å². The maximum absolute atomic E-state index is 13.8. The van der Waals surface area contributed by atoms with Crippen LogP contribution in [0.4, 0.5) is 0 Å². The van der Waals surface area contributed by atoms with Gasteiger partial charge in [-0.3, -0.25) is 13.8 Å². The molecule has 0 bridgehead atoms. The van der Waals surface area contributed by atoms with Crippen LogP contribution in [0.15, 0.2) is 41.3 Å². The van der Waals surface area contributed by atoms with Crippen molar-refractivity contribution in [2.45, 2.75) is 57.0 Å². The van der Waals surface area contributed by atoms with Crippen molar-refractivity contribution in [3.05, 3.63) is 47.1 Å². The summed E-state index contributed by atoms with van der Waals surface area (Å²) in [5.41, 5.74) is 0.698. The van der Waals surface area contributed by atoms with Crippen molar-refractivity contribution in [3.8, 4) is 10.4 Å². The Hall–Kier alpha value is -2.47. The molecule has 2 aliphatic rings. The van der Waals surface area contributed by atoms with Crippen LogP contribution in [0, 0.1) is 5.92 Å². The molecular formula is C28H34N4O4S3. The third-order valence-corrected chi connectivity index (χ3v) is 11.1. The van der Waals surface area contributed by atoms with E-state index in [9.17, 15) is 18.0 Å². The largest absolute Gasteiger partial charge is 0.345 e. The first-order chi connectivity index (χ1) is 18.5. The highest BCUT2D eigenvalue weighted by Crippen LogP contribution is 2.38. The molecule has 208 valence electrons. The quantitative estimate of drug-likeness (QED) is 0.452. The molecule has 2 aromatic carbocycles. The molecule has 2 amide bonds. The van der Waals surface area contributed by atoms with Gasteiger partial charge in [0.2, 0.25) is 0 Å². The molecule has 0 radical (unpaired) electrons. The van der Waals surface area contributed by atoms with Gasteiger partial charge >= 0.3 is 0 Å². The third-order valence-electron chi connectivity index (χ3n) is 6.93. The van der Waals surface area contributed by atoms with E-state index in [-0.39, 0.29) is 34.1 Å². The zero-order valence-corrected chi connectivity index (χ0v) is 25.1. The first-order valence-electron chi connectivity index (χ1n) is 13.2. The van der Waals surface area contributed by atoms with E-state index in [1.54, 1.807) is 0 Å². The minimum absolute atomic E-state index is 0.140. The average Bonchev–Trinajstić information content (AvgIpc) is 3.31. The molecule has 3 heterocycles. The second kappa shape index (κ2) is 11.2. The summed E-state index contributed by atoms with van der Waals surface area (Å²) in [7, 11) is -2.34. The molecule has 2 saturated heterocycles. The third kappa shape index (κ3) is 6.16. The number of hydrogen-bond acceptors (Lipinski definition) is 6. The molecule has 2 N–H and O–H groups in total. The van der Waals surface area contributed by atoms with Crippen molar-refractivity contribution in [1.82, 2.24) is 19.9 Å². The fourth-order valence-electron chi connectivity index (χ4n) is 4.80. The normalized spacial score (nSPS) is 21.0. The predicted molar refractivity (Wildman–Crippen MR) is 158 cm³/mol. The molecule has 11 heteroatoms. The van der Waals surface area contributed by atoms with Crippen LogP contribution in [-0.2, 0) is 21.8 Å². The highest BCUT2D eigenvalue weighted by Gasteiger charge is 2.32. The Balaban J connectivity index is 1.58. The smallest absolute Gasteiger partial charge is 0.280 e. The number of piperidine rings is 1. The minimum Gasteiger partial charge on any atom is -0.345 e. The SMILES string of the molecule is CC1CCN(C(=O)c2nc(C(=O)NC3CS(=O)C3)sc2-c2ccc(S(=O)NC(C)(C)C)c3ccccc23)CC1. The van der Waals surface area contributed by atoms with Gasteiger partial charge < -0.3 is 10.2 Å². The Kier molecular flexibility index (Phi) is 8.05. The van der Waals surface area contributed by atoms with E-state index in [1.807, 2.05) is 62.1 Å². The number of hydrogen-bond donors (Lipinski definition) is 2. The molecule has 39 heavy (non-hydrogen) atoms. The van der Waals surface area contributed by atoms with Crippen LogP contribution in [0.5, 0.6) is 0 Å². The van der Waals surface area contributed by atoms with Crippen molar-refractivity contribution in [2.24, 2.45) is 5.92 Å². The number of nitrogens with zero attached hydrogens (tertiary/aromatic N) is 2. The second-order valence-corrected chi connectivity index (χ2v) is 15.1. The first kappa shape index (κ1) is 28.1. The number of amides is 2. The zero-order valence-electron chi connectivity index (χ0n) is 22.6. The number of likely N-dealkylation sites (tertiary alicyclic amines) is 1. The number of aromatic nitrogens is 1. The van der Waals surface area contributed by atoms with Crippen LogP contribution in [-0.4, -0.2) is 66.3 Å². The number of fused-ring (bicyclic) bond motifs is 1. The lowest BCUT2D eigenvalue weighted by atomic mass is 9.98. The van der Waals surface area contributed by atoms with Crippen LogP contribution in [0.3, 0.4) is 0 Å². The van der Waals surface area contributed by atoms with Crippen molar-refractivity contribution >= 4 is 55.7 Å². The Morgan fingerprint density at radius 2 is 1.74 bits per heavy atom. The summed E-state index contributed by atoms with van der Waals surface area (Å²) in [6.07, 6.45) is 1.86. The van der Waals surface area contributed by atoms with Gasteiger partial charge in [0.25, 0.3) is 11.8 Å². The molecule has 0 spiro atoms. The van der Waals surface area contributed by atoms with Gasteiger partial charge in [0.1, 0.15) is 16.7 Å². The van der Waals surface area contributed by atoms with Gasteiger partial charge in [0.15, 0.2) is 5.01 Å². The van der Waals surface area contributed by atoms with Gasteiger partial charge in [-0.25, -0.2) is 13.9 Å². The number of carbonyl (C=O) groups is 2. The van der Waals surface area contributed by atoms with Gasteiger partial charge in [-0.15, -0.1) is 11.3 Å². The molecule has 3 aromatic rings. The van der Waals surface area contributed by atoms with Gasteiger partial charge in [-0.05, 0) is 56.4 Å². The summed E-state index contributed by atoms with van der Waals surface area (Å²) in [6, 6.07) is 11.2. The Morgan fingerprint density at radius 1 is 1.08 bits per heavy atom. The molecule has 2 fully saturated rings. The number of thiazole rings is 1. The van der Waals surface area contributed by atoms with E-state index in [0.717, 1.165) is 29.2 Å². The summed E-state index contributed by atoms with van der Waals surface area (Å²) in [6.45, 7) is 9.40. The van der Waals surface area contributed by atoms with E-state index in [4.69, 9.17) is 0 Å². The predicted octanol–water partition coefficient (Wildman–Crippen LogP) is 4.11. The number of rotatable bonds is 6. The lowest BCUT2D eigenvalue weighted by Gasteiger charge is -2.30. The van der Waals surface area contributed by atoms with E-state index in [0.29, 0.717) is 40.3 Å². The molecule has 0 aliphatic carbocycles. The van der Waals surface area contributed by atoms with Gasteiger partial charge in [-0.2, -0.15) is 0 Å². The van der Waals surface area contributed by atoms with E-state index in [1.165, 1.54) is 11.3 Å². The summed E-state index contributed by atoms with van der Waals surface area (Å²) < 4.78 is 27.9. The molecule has 1 unspecified atom stereocenters. The van der Waals surface area contributed by atoms with E-state index >= 15 is 0 Å². The molecule has 0 saturated carbocycles. The van der Waals surface area contributed by atoms with Gasteiger partial charge in [0.05, 0.1) is 15.8 Å². The second-order valence-electron chi connectivity index (χ2n) is 11.4. The molecular weight excluding hydrogens is 553 g/mol. The van der Waals surface area contributed by atoms with Crippen molar-refractivity contribution < 1.29 is 18.0 Å². The number of benzene rings is 2. The maximum Gasteiger partial charge on any atom is 0.280 e. The number of carbonyl (C=O) groups excluding carboxylic acids is 2. The topological polar surface area (TPSA) is 108 Å². The first-order valence-corrected chi connectivity index (χ1v) is 16.6. The number of nitrogens with one attached hydrogen (secondary N) is 2. The van der Waals surface area contributed by atoms with Crippen LogP contribution < -0.4 is 10.0 Å². The monoisotopic (exact) mass is 586 g/mol. The molecule has 1 atom stereocenters. The zero-order chi connectivity index (χ0) is 27.9. The van der Waals surface area contributed by atoms with Crippen LogP contribution in [0.25, 0.3) is 21.2 Å². The minimum atomic E-state index is -1.45. The summed E-state index contributed by atoms with van der Waals surface area (Å²) in [5, 5.41) is 4.77. The standard InChI is InChI=1S/C28H34N4O4S3/c1-17-11-13-32(14-12-17)27(34)23-24(37-26(30-23)25(33)29-18-15-38(35)16-18)21-9-10-22(39(36)31-28(2,3)4)20-8-6-5-7-19(20)21/h5-10,17-18,31H,11-16H2,1-4H3,(H,29,33). The van der Waals surface area contributed by atoms with Gasteiger partial charge in [-0.1, -0.05) is 37.3 Å². The van der Waals surface area contributed by atoms with Crippen LogP contribution in [0.2, 0.25) is 0 Å². The van der Waals surface area contributed by atoms with Crippen molar-refractivity contribution in [1.29, 1.82) is 0 Å². The highest BCUT2D eigenvalue weighted by molar-refractivity contribution is 7.86. The Bertz CT molecular complexity index is 1460. The summed E-state index contributed by atoms with van der Waals surface area (Å²) in [5.74, 6) is 0.910. The molecule has 2 aliphatic heterocycles. The lowest BCUT2D eigenvalue weighted by molar-refractivity contribution is 0.0693. The van der Waals surface area contributed by atoms with Gasteiger partial charge in [0, 0.05) is 46.5 Å². The van der Waals surface area contributed by atoms with Crippen molar-refractivity contribution in [3.63, 3.8) is 0 Å². The molecule has 1 aromatic heterocycles. The van der Waals surface area contributed by atoms with Crippen LogP contribution >= 0.6 is 11.3 Å². The Labute approximate surface area is 238 Å². The molecule has 5 rings (SSSR count). The fraction of sp³-hybridized carbons (Fsp3) is 0.464. The summed E-state index contributed by atoms with van der Waals surface area (Å²) in [4.78, 5) is 34.6. The highest BCUT2D eigenvalue weighted by atomic mass is 32.2. The van der Waals surface area contributed by atoms with Crippen LogP contribution in [0.1, 0.15) is 60.8 Å². The van der Waals surface area contributed by atoms with Crippen molar-refractivity contribution in [2.75, 3.05) is 24.6 Å². The summed E-state index contributed by atoms with van der Waals surface area (Å²) >= 11 is 1.19. The Morgan fingerprint density at radius 3 is 2.38 bits per heavy atom. The molecule has 8 nitrogen and oxygen atoms in total. The average molecular weight is 587 g/mol. The fourth-order valence-corrected chi connectivity index (χ4v) is 8.00. The lowest BCUT2D eigenvalue weighted by Crippen LogP contribution is -2.50. The maximum atomic E-state index is 13.8. The van der Waals surface area contributed by atoms with E-state index < -0.39 is 21.8 Å².